The van der Waals surface area contributed by atoms with E-state index in [9.17, 15) is 9.59 Å². The molecule has 0 aliphatic rings. The first-order chi connectivity index (χ1) is 9.47. The third-order valence-electron chi connectivity index (χ3n) is 2.20. The zero-order chi connectivity index (χ0) is 15.1. The largest absolute Gasteiger partial charge is 0.480 e. The minimum absolute atomic E-state index is 0.0370. The molecule has 0 aliphatic carbocycles. The van der Waals surface area contributed by atoms with Gasteiger partial charge in [-0.25, -0.2) is 9.59 Å². The molecule has 1 rings (SSSR count). The number of aliphatic hydroxyl groups is 2. The van der Waals surface area contributed by atoms with Gasteiger partial charge < -0.3 is 36.2 Å². The molecule has 7 N–H and O–H groups in total. The third-order valence-corrected chi connectivity index (χ3v) is 2.20. The Bertz CT molecular complexity index is 463. The van der Waals surface area contributed by atoms with E-state index in [-0.39, 0.29) is 24.9 Å². The van der Waals surface area contributed by atoms with Gasteiger partial charge in [0.1, 0.15) is 0 Å². The molecule has 0 spiro atoms. The van der Waals surface area contributed by atoms with Crippen molar-refractivity contribution in [1.29, 1.82) is 0 Å². The fourth-order valence-corrected chi connectivity index (χ4v) is 1.12. The molecule has 112 valence electrons. The Balaban J connectivity index is 2.45. The maximum atomic E-state index is 11.3. The molecule has 1 aromatic rings. The first-order valence-corrected chi connectivity index (χ1v) is 5.54. The van der Waals surface area contributed by atoms with Crippen LogP contribution in [0.15, 0.2) is 4.52 Å². The van der Waals surface area contributed by atoms with Gasteiger partial charge in [-0.3, -0.25) is 0 Å². The van der Waals surface area contributed by atoms with Gasteiger partial charge in [0, 0.05) is 0 Å². The van der Waals surface area contributed by atoms with Crippen LogP contribution in [-0.2, 0) is 11.3 Å². The van der Waals surface area contributed by atoms with Crippen molar-refractivity contribution >= 4 is 12.0 Å². The highest BCUT2D eigenvalue weighted by Gasteiger charge is 2.19. The van der Waals surface area contributed by atoms with E-state index >= 15 is 0 Å². The van der Waals surface area contributed by atoms with E-state index in [2.05, 4.69) is 15.5 Å². The molecule has 0 aliphatic heterocycles. The summed E-state index contributed by atoms with van der Waals surface area (Å²) in [6, 6.07) is -3.01. The zero-order valence-electron chi connectivity index (χ0n) is 10.3. The van der Waals surface area contributed by atoms with E-state index < -0.39 is 30.7 Å². The summed E-state index contributed by atoms with van der Waals surface area (Å²) in [5, 5.41) is 33.9. The standard InChI is InChI=1S/C9H15N5O6/c10-4(2-15)7-13-6(20-14-7)1-11-9(19)12-5(3-16)8(17)18/h4-5,15-16H,1-3,10H2,(H,17,18)(H2,11,12,19)/t4?,5-/m0/s1. The van der Waals surface area contributed by atoms with E-state index in [0.29, 0.717) is 0 Å². The van der Waals surface area contributed by atoms with Crippen LogP contribution >= 0.6 is 0 Å². The number of carbonyl (C=O) groups excluding carboxylic acids is 1. The van der Waals surface area contributed by atoms with Crippen LogP contribution in [0.5, 0.6) is 0 Å². The second-order valence-corrected chi connectivity index (χ2v) is 3.74. The van der Waals surface area contributed by atoms with Crippen LogP contribution in [0.3, 0.4) is 0 Å². The van der Waals surface area contributed by atoms with Crippen molar-refractivity contribution in [2.45, 2.75) is 18.6 Å². The molecule has 0 aromatic carbocycles. The second kappa shape index (κ2) is 7.37. The fraction of sp³-hybridized carbons (Fsp3) is 0.556. The zero-order valence-corrected chi connectivity index (χ0v) is 10.3. The topological polar surface area (TPSA) is 184 Å². The van der Waals surface area contributed by atoms with Gasteiger partial charge in [0.25, 0.3) is 0 Å². The van der Waals surface area contributed by atoms with E-state index in [1.165, 1.54) is 0 Å². The average Bonchev–Trinajstić information content (AvgIpc) is 2.90. The van der Waals surface area contributed by atoms with Crippen molar-refractivity contribution in [2.24, 2.45) is 5.73 Å². The van der Waals surface area contributed by atoms with E-state index in [1.54, 1.807) is 0 Å². The molecule has 20 heavy (non-hydrogen) atoms. The number of aliphatic carboxylic acids is 1. The summed E-state index contributed by atoms with van der Waals surface area (Å²) < 4.78 is 4.76. The van der Waals surface area contributed by atoms with Crippen LogP contribution in [0.4, 0.5) is 4.79 Å². The summed E-state index contributed by atoms with van der Waals surface area (Å²) in [6.07, 6.45) is 0. The molecule has 0 fully saturated rings. The highest BCUT2D eigenvalue weighted by Crippen LogP contribution is 2.04. The normalized spacial score (nSPS) is 13.6. The molecular weight excluding hydrogens is 274 g/mol. The number of hydrogen-bond acceptors (Lipinski definition) is 8. The summed E-state index contributed by atoms with van der Waals surface area (Å²) in [4.78, 5) is 25.7. The number of nitrogens with zero attached hydrogens (tertiary/aromatic N) is 2. The minimum Gasteiger partial charge on any atom is -0.480 e. The molecule has 0 bridgehead atoms. The monoisotopic (exact) mass is 289 g/mol. The smallest absolute Gasteiger partial charge is 0.328 e. The summed E-state index contributed by atoms with van der Waals surface area (Å²) in [7, 11) is 0. The Hall–Kier alpha value is -2.24. The predicted octanol–water partition coefficient (Wildman–Crippen LogP) is -2.69. The number of nitrogens with two attached hydrogens (primary N) is 1. The number of rotatable bonds is 7. The Morgan fingerprint density at radius 3 is 2.60 bits per heavy atom. The molecule has 2 amide bonds. The Labute approximate surface area is 112 Å². The lowest BCUT2D eigenvalue weighted by Crippen LogP contribution is -2.47. The Kier molecular flexibility index (Phi) is 5.83. The average molecular weight is 289 g/mol. The number of hydrogen-bond donors (Lipinski definition) is 6. The van der Waals surface area contributed by atoms with E-state index in [0.717, 1.165) is 0 Å². The van der Waals surface area contributed by atoms with Crippen molar-refractivity contribution in [3.05, 3.63) is 11.7 Å². The number of aromatic nitrogens is 2. The fourth-order valence-electron chi connectivity index (χ4n) is 1.12. The molecule has 1 unspecified atom stereocenters. The SMILES string of the molecule is NC(CO)c1noc(CNC(=O)N[C@@H](CO)C(=O)O)n1. The number of amides is 2. The van der Waals surface area contributed by atoms with Crippen LogP contribution in [0.25, 0.3) is 0 Å². The quantitative estimate of drug-likeness (QED) is 0.311. The van der Waals surface area contributed by atoms with E-state index in [1.807, 2.05) is 5.32 Å². The Morgan fingerprint density at radius 2 is 2.05 bits per heavy atom. The minimum atomic E-state index is -1.41. The van der Waals surface area contributed by atoms with Crippen molar-refractivity contribution in [3.8, 4) is 0 Å². The first kappa shape index (κ1) is 15.8. The summed E-state index contributed by atoms with van der Waals surface area (Å²) in [6.45, 7) is -1.25. The molecular formula is C9H15N5O6. The van der Waals surface area contributed by atoms with Crippen LogP contribution in [-0.4, -0.2) is 56.7 Å². The van der Waals surface area contributed by atoms with Crippen LogP contribution in [0.1, 0.15) is 17.8 Å². The molecule has 1 aromatic heterocycles. The maximum Gasteiger partial charge on any atom is 0.328 e. The molecule has 11 heteroatoms. The third kappa shape index (κ3) is 4.46. The van der Waals surface area contributed by atoms with Gasteiger partial charge in [-0.05, 0) is 0 Å². The van der Waals surface area contributed by atoms with Crippen molar-refractivity contribution in [3.63, 3.8) is 0 Å². The molecule has 0 saturated carbocycles. The highest BCUT2D eigenvalue weighted by molar-refractivity contribution is 5.82. The number of aliphatic hydroxyl groups excluding tert-OH is 2. The second-order valence-electron chi connectivity index (χ2n) is 3.74. The molecule has 1 heterocycles. The van der Waals surface area contributed by atoms with Crippen LogP contribution in [0, 0.1) is 0 Å². The van der Waals surface area contributed by atoms with E-state index in [4.69, 9.17) is 25.6 Å². The lowest BCUT2D eigenvalue weighted by Gasteiger charge is -2.11. The maximum absolute atomic E-state index is 11.3. The summed E-state index contributed by atoms with van der Waals surface area (Å²) in [5.74, 6) is -1.24. The molecule has 0 saturated heterocycles. The van der Waals surface area contributed by atoms with Crippen LogP contribution < -0.4 is 16.4 Å². The van der Waals surface area contributed by atoms with Gasteiger partial charge >= 0.3 is 12.0 Å². The van der Waals surface area contributed by atoms with Gasteiger partial charge in [0.2, 0.25) is 5.89 Å². The van der Waals surface area contributed by atoms with Crippen LogP contribution in [0.2, 0.25) is 0 Å². The van der Waals surface area contributed by atoms with Gasteiger partial charge in [-0.1, -0.05) is 5.16 Å². The lowest BCUT2D eigenvalue weighted by atomic mass is 10.3. The van der Waals surface area contributed by atoms with Gasteiger partial charge in [-0.2, -0.15) is 4.98 Å². The highest BCUT2D eigenvalue weighted by atomic mass is 16.5. The van der Waals surface area contributed by atoms with Crippen molar-refractivity contribution in [1.82, 2.24) is 20.8 Å². The first-order valence-electron chi connectivity index (χ1n) is 5.54. The molecule has 0 radical (unpaired) electrons. The number of carboxylic acid groups (broad SMARTS) is 1. The summed E-state index contributed by atoms with van der Waals surface area (Å²) >= 11 is 0. The summed E-state index contributed by atoms with van der Waals surface area (Å²) in [5.41, 5.74) is 5.45. The number of carboxylic acids is 1. The number of urea groups is 1. The molecule has 11 nitrogen and oxygen atoms in total. The number of carbonyl (C=O) groups is 2. The number of nitrogens with one attached hydrogen (secondary N) is 2. The predicted molar refractivity (Wildman–Crippen MR) is 62.2 cm³/mol. The van der Waals surface area contributed by atoms with Gasteiger partial charge in [0.15, 0.2) is 11.9 Å². The molecule has 2 atom stereocenters. The Morgan fingerprint density at radius 1 is 1.35 bits per heavy atom. The van der Waals surface area contributed by atoms with Gasteiger partial charge in [-0.15, -0.1) is 0 Å². The van der Waals surface area contributed by atoms with Crippen molar-refractivity contribution in [2.75, 3.05) is 13.2 Å². The van der Waals surface area contributed by atoms with Crippen molar-refractivity contribution < 1.29 is 29.4 Å². The lowest BCUT2D eigenvalue weighted by molar-refractivity contribution is -0.140. The van der Waals surface area contributed by atoms with Gasteiger partial charge in [0.05, 0.1) is 25.8 Å².